The Bertz CT molecular complexity index is 444. The van der Waals surface area contributed by atoms with Gasteiger partial charge in [0.25, 0.3) is 5.56 Å². The highest BCUT2D eigenvalue weighted by molar-refractivity contribution is 5.94. The first-order valence-electron chi connectivity index (χ1n) is 5.75. The molecule has 0 amide bonds. The smallest absolute Gasteiger partial charge is 0.261 e. The number of aromatic nitrogens is 1. The van der Waals surface area contributed by atoms with Crippen molar-refractivity contribution in [1.82, 2.24) is 4.57 Å². The predicted octanol–water partition coefficient (Wildman–Crippen LogP) is 1.64. The number of hydrogen-bond donors (Lipinski definition) is 2. The van der Waals surface area contributed by atoms with Crippen LogP contribution in [0, 0.1) is 5.41 Å². The molecule has 0 saturated heterocycles. The lowest BCUT2D eigenvalue weighted by atomic mass is 9.95. The van der Waals surface area contributed by atoms with Gasteiger partial charge in [0.05, 0.1) is 5.56 Å². The molecular weight excluding hydrogens is 202 g/mol. The molecule has 3 N–H and O–H groups in total. The average molecular weight is 219 g/mol. The van der Waals surface area contributed by atoms with Crippen LogP contribution in [0.2, 0.25) is 0 Å². The Morgan fingerprint density at radius 2 is 2.06 bits per heavy atom. The van der Waals surface area contributed by atoms with Crippen LogP contribution in [0.3, 0.4) is 0 Å². The molecule has 1 heterocycles. The summed E-state index contributed by atoms with van der Waals surface area (Å²) in [5.74, 6) is -0.143. The molecule has 0 radical (unpaired) electrons. The summed E-state index contributed by atoms with van der Waals surface area (Å²) < 4.78 is 1.75. The van der Waals surface area contributed by atoms with Crippen LogP contribution in [0.1, 0.15) is 43.7 Å². The second-order valence-electron chi connectivity index (χ2n) is 4.34. The molecule has 1 aliphatic carbocycles. The third-order valence-electron chi connectivity index (χ3n) is 3.23. The zero-order valence-electron chi connectivity index (χ0n) is 9.28. The van der Waals surface area contributed by atoms with Gasteiger partial charge in [0.1, 0.15) is 5.84 Å². The minimum Gasteiger partial charge on any atom is -0.384 e. The molecular formula is C12H17N3O. The molecule has 0 aromatic carbocycles. The Kier molecular flexibility index (Phi) is 3.08. The van der Waals surface area contributed by atoms with E-state index in [-0.39, 0.29) is 11.4 Å². The maximum Gasteiger partial charge on any atom is 0.261 e. The Balaban J connectivity index is 2.37. The largest absolute Gasteiger partial charge is 0.384 e. The summed E-state index contributed by atoms with van der Waals surface area (Å²) in [6.07, 6.45) is 7.55. The molecule has 1 fully saturated rings. The van der Waals surface area contributed by atoms with Gasteiger partial charge in [0.2, 0.25) is 0 Å². The number of pyridine rings is 1. The van der Waals surface area contributed by atoms with Crippen molar-refractivity contribution in [1.29, 1.82) is 5.41 Å². The van der Waals surface area contributed by atoms with Gasteiger partial charge in [-0.25, -0.2) is 0 Å². The fourth-order valence-electron chi connectivity index (χ4n) is 2.36. The maximum absolute atomic E-state index is 12.1. The van der Waals surface area contributed by atoms with E-state index < -0.39 is 0 Å². The number of nitrogen functional groups attached to an aromatic ring is 1. The first-order valence-corrected chi connectivity index (χ1v) is 5.75. The Labute approximate surface area is 94.6 Å². The lowest BCUT2D eigenvalue weighted by Crippen LogP contribution is -2.32. The van der Waals surface area contributed by atoms with E-state index in [9.17, 15) is 4.79 Å². The number of rotatable bonds is 2. The van der Waals surface area contributed by atoms with Crippen molar-refractivity contribution in [2.45, 2.75) is 38.1 Å². The van der Waals surface area contributed by atoms with Gasteiger partial charge in [-0.2, -0.15) is 0 Å². The van der Waals surface area contributed by atoms with Gasteiger partial charge in [-0.3, -0.25) is 10.2 Å². The van der Waals surface area contributed by atoms with Crippen molar-refractivity contribution in [2.75, 3.05) is 0 Å². The van der Waals surface area contributed by atoms with E-state index in [2.05, 4.69) is 0 Å². The Morgan fingerprint density at radius 1 is 1.38 bits per heavy atom. The van der Waals surface area contributed by atoms with Gasteiger partial charge >= 0.3 is 0 Å². The average Bonchev–Trinajstić information content (AvgIpc) is 2.30. The minimum absolute atomic E-state index is 0.123. The summed E-state index contributed by atoms with van der Waals surface area (Å²) in [6.45, 7) is 0. The first-order chi connectivity index (χ1) is 7.70. The van der Waals surface area contributed by atoms with Crippen LogP contribution >= 0.6 is 0 Å². The summed E-state index contributed by atoms with van der Waals surface area (Å²) in [5, 5.41) is 7.35. The highest BCUT2D eigenvalue weighted by atomic mass is 16.1. The van der Waals surface area contributed by atoms with Crippen molar-refractivity contribution in [3.05, 3.63) is 34.2 Å². The normalized spacial score (nSPS) is 17.2. The van der Waals surface area contributed by atoms with Gasteiger partial charge < -0.3 is 10.3 Å². The molecule has 1 saturated carbocycles. The molecule has 0 aliphatic heterocycles. The standard InChI is InChI=1S/C12H17N3O/c13-11(14)10-7-4-8-15(12(10)16)9-5-2-1-3-6-9/h4,7-9H,1-3,5-6H2,(H3,13,14). The molecule has 0 atom stereocenters. The van der Waals surface area contributed by atoms with E-state index in [0.717, 1.165) is 12.8 Å². The van der Waals surface area contributed by atoms with E-state index in [1.165, 1.54) is 19.3 Å². The zero-order valence-corrected chi connectivity index (χ0v) is 9.28. The van der Waals surface area contributed by atoms with Crippen LogP contribution in [-0.2, 0) is 0 Å². The minimum atomic E-state index is -0.143. The van der Waals surface area contributed by atoms with Crippen LogP contribution in [0.5, 0.6) is 0 Å². The van der Waals surface area contributed by atoms with Crippen LogP contribution < -0.4 is 11.3 Å². The SMILES string of the molecule is N=C(N)c1cccn(C2CCCCC2)c1=O. The molecule has 0 spiro atoms. The molecule has 1 aliphatic rings. The van der Waals surface area contributed by atoms with Crippen LogP contribution in [0.15, 0.2) is 23.1 Å². The van der Waals surface area contributed by atoms with E-state index in [4.69, 9.17) is 11.1 Å². The van der Waals surface area contributed by atoms with Crippen molar-refractivity contribution in [2.24, 2.45) is 5.73 Å². The number of nitrogens with zero attached hydrogens (tertiary/aromatic N) is 1. The van der Waals surface area contributed by atoms with E-state index in [0.29, 0.717) is 11.6 Å². The summed E-state index contributed by atoms with van der Waals surface area (Å²) in [4.78, 5) is 12.1. The first kappa shape index (κ1) is 10.9. The van der Waals surface area contributed by atoms with Crippen molar-refractivity contribution < 1.29 is 0 Å². The number of hydrogen-bond acceptors (Lipinski definition) is 2. The molecule has 0 unspecified atom stereocenters. The highest BCUT2D eigenvalue weighted by Crippen LogP contribution is 2.26. The van der Waals surface area contributed by atoms with E-state index >= 15 is 0 Å². The van der Waals surface area contributed by atoms with Crippen LogP contribution in [-0.4, -0.2) is 10.4 Å². The second kappa shape index (κ2) is 4.51. The lowest BCUT2D eigenvalue weighted by molar-refractivity contribution is 0.346. The fourth-order valence-corrected chi connectivity index (χ4v) is 2.36. The third-order valence-corrected chi connectivity index (χ3v) is 3.23. The van der Waals surface area contributed by atoms with Crippen molar-refractivity contribution in [3.8, 4) is 0 Å². The maximum atomic E-state index is 12.1. The molecule has 16 heavy (non-hydrogen) atoms. The number of nitrogens with two attached hydrogens (primary N) is 1. The number of nitrogens with one attached hydrogen (secondary N) is 1. The predicted molar refractivity (Wildman–Crippen MR) is 63.8 cm³/mol. The zero-order chi connectivity index (χ0) is 11.5. The second-order valence-corrected chi connectivity index (χ2v) is 4.34. The van der Waals surface area contributed by atoms with Gasteiger partial charge in [0.15, 0.2) is 0 Å². The Morgan fingerprint density at radius 3 is 2.69 bits per heavy atom. The van der Waals surface area contributed by atoms with Crippen molar-refractivity contribution >= 4 is 5.84 Å². The third kappa shape index (κ3) is 2.01. The van der Waals surface area contributed by atoms with Crippen LogP contribution in [0.4, 0.5) is 0 Å². The summed E-state index contributed by atoms with van der Waals surface area (Å²) in [5.41, 5.74) is 5.57. The fraction of sp³-hybridized carbons (Fsp3) is 0.500. The topological polar surface area (TPSA) is 71.9 Å². The Hall–Kier alpha value is -1.58. The lowest BCUT2D eigenvalue weighted by Gasteiger charge is -2.24. The summed E-state index contributed by atoms with van der Waals surface area (Å²) >= 11 is 0. The monoisotopic (exact) mass is 219 g/mol. The molecule has 4 heteroatoms. The number of amidine groups is 1. The van der Waals surface area contributed by atoms with Crippen LogP contribution in [0.25, 0.3) is 0 Å². The van der Waals surface area contributed by atoms with E-state index in [1.54, 1.807) is 16.7 Å². The molecule has 86 valence electrons. The van der Waals surface area contributed by atoms with Gasteiger partial charge in [-0.15, -0.1) is 0 Å². The van der Waals surface area contributed by atoms with Gasteiger partial charge in [0, 0.05) is 12.2 Å². The molecule has 2 rings (SSSR count). The molecule has 1 aromatic rings. The molecule has 1 aromatic heterocycles. The van der Waals surface area contributed by atoms with Gasteiger partial charge in [-0.1, -0.05) is 19.3 Å². The summed E-state index contributed by atoms with van der Waals surface area (Å²) in [7, 11) is 0. The molecule has 4 nitrogen and oxygen atoms in total. The van der Waals surface area contributed by atoms with Gasteiger partial charge in [-0.05, 0) is 25.0 Å². The van der Waals surface area contributed by atoms with E-state index in [1.807, 2.05) is 6.20 Å². The summed E-state index contributed by atoms with van der Waals surface area (Å²) in [6, 6.07) is 3.71. The molecule has 0 bridgehead atoms. The van der Waals surface area contributed by atoms with Crippen molar-refractivity contribution in [3.63, 3.8) is 0 Å². The highest BCUT2D eigenvalue weighted by Gasteiger charge is 2.17. The quantitative estimate of drug-likeness (QED) is 0.586.